The molecule has 5 heteroatoms. The summed E-state index contributed by atoms with van der Waals surface area (Å²) in [5.41, 5.74) is 2.83. The molecule has 3 aromatic rings. The van der Waals surface area contributed by atoms with Crippen molar-refractivity contribution in [2.75, 3.05) is 13.6 Å². The molecular formula is C20H18N4O. The van der Waals surface area contributed by atoms with Gasteiger partial charge in [-0.15, -0.1) is 0 Å². The van der Waals surface area contributed by atoms with Crippen LogP contribution in [0.25, 0.3) is 11.4 Å². The SMILES string of the molecule is CN1CCCC1c1nc(-c2ccc(C#Cc3ccncc3)cc2)no1. The monoisotopic (exact) mass is 330 g/mol. The molecule has 0 bridgehead atoms. The van der Waals surface area contributed by atoms with Gasteiger partial charge >= 0.3 is 0 Å². The molecule has 0 saturated carbocycles. The maximum Gasteiger partial charge on any atom is 0.244 e. The second kappa shape index (κ2) is 6.88. The van der Waals surface area contributed by atoms with Crippen LogP contribution in [0, 0.1) is 11.8 Å². The van der Waals surface area contributed by atoms with E-state index in [4.69, 9.17) is 4.52 Å². The van der Waals surface area contributed by atoms with Gasteiger partial charge in [0.2, 0.25) is 11.7 Å². The van der Waals surface area contributed by atoms with E-state index in [0.717, 1.165) is 29.7 Å². The predicted octanol–water partition coefficient (Wildman–Crippen LogP) is 3.30. The van der Waals surface area contributed by atoms with Crippen LogP contribution in [0.2, 0.25) is 0 Å². The van der Waals surface area contributed by atoms with Crippen molar-refractivity contribution in [3.05, 3.63) is 65.8 Å². The highest BCUT2D eigenvalue weighted by molar-refractivity contribution is 5.56. The average molecular weight is 330 g/mol. The van der Waals surface area contributed by atoms with E-state index in [2.05, 4.69) is 38.9 Å². The molecule has 1 unspecified atom stereocenters. The van der Waals surface area contributed by atoms with Crippen LogP contribution >= 0.6 is 0 Å². The number of benzene rings is 1. The van der Waals surface area contributed by atoms with Crippen LogP contribution in [-0.2, 0) is 0 Å². The summed E-state index contributed by atoms with van der Waals surface area (Å²) in [6.45, 7) is 1.08. The van der Waals surface area contributed by atoms with Crippen LogP contribution in [0.1, 0.15) is 35.9 Å². The van der Waals surface area contributed by atoms with E-state index < -0.39 is 0 Å². The fourth-order valence-electron chi connectivity index (χ4n) is 2.99. The van der Waals surface area contributed by atoms with Gasteiger partial charge in [0.05, 0.1) is 6.04 Å². The first-order chi connectivity index (χ1) is 12.3. The van der Waals surface area contributed by atoms with Gasteiger partial charge in [0.25, 0.3) is 0 Å². The lowest BCUT2D eigenvalue weighted by molar-refractivity contribution is 0.245. The van der Waals surface area contributed by atoms with E-state index in [1.165, 1.54) is 6.42 Å². The summed E-state index contributed by atoms with van der Waals surface area (Å²) in [7, 11) is 2.10. The molecule has 0 radical (unpaired) electrons. The van der Waals surface area contributed by atoms with Crippen LogP contribution in [0.4, 0.5) is 0 Å². The van der Waals surface area contributed by atoms with E-state index in [-0.39, 0.29) is 6.04 Å². The Morgan fingerprint density at radius 1 is 1.04 bits per heavy atom. The fourth-order valence-corrected chi connectivity index (χ4v) is 2.99. The molecular weight excluding hydrogens is 312 g/mol. The quantitative estimate of drug-likeness (QED) is 0.675. The van der Waals surface area contributed by atoms with Gasteiger partial charge in [-0.2, -0.15) is 4.98 Å². The van der Waals surface area contributed by atoms with Crippen molar-refractivity contribution >= 4 is 0 Å². The standard InChI is InChI=1S/C20H18N4O/c1-24-14-2-3-18(24)20-22-19(23-25-20)17-8-6-15(7-9-17)4-5-16-10-12-21-13-11-16/h6-13,18H,2-3,14H2,1H3. The maximum atomic E-state index is 5.47. The molecule has 0 N–H and O–H groups in total. The minimum Gasteiger partial charge on any atom is -0.337 e. The van der Waals surface area contributed by atoms with Crippen LogP contribution in [0.5, 0.6) is 0 Å². The predicted molar refractivity (Wildman–Crippen MR) is 94.6 cm³/mol. The van der Waals surface area contributed by atoms with E-state index in [9.17, 15) is 0 Å². The van der Waals surface area contributed by atoms with Crippen molar-refractivity contribution in [2.45, 2.75) is 18.9 Å². The number of aromatic nitrogens is 3. The highest BCUT2D eigenvalue weighted by Crippen LogP contribution is 2.30. The summed E-state index contributed by atoms with van der Waals surface area (Å²) in [6.07, 6.45) is 5.72. The molecule has 1 aliphatic rings. The minimum absolute atomic E-state index is 0.242. The third-order valence-corrected chi connectivity index (χ3v) is 4.42. The molecule has 0 spiro atoms. The lowest BCUT2D eigenvalue weighted by Gasteiger charge is -2.14. The molecule has 1 atom stereocenters. The number of hydrogen-bond donors (Lipinski definition) is 0. The van der Waals surface area contributed by atoms with E-state index in [1.807, 2.05) is 36.4 Å². The lowest BCUT2D eigenvalue weighted by Crippen LogP contribution is -2.17. The third kappa shape index (κ3) is 3.44. The molecule has 1 aliphatic heterocycles. The van der Waals surface area contributed by atoms with Crippen molar-refractivity contribution in [3.63, 3.8) is 0 Å². The van der Waals surface area contributed by atoms with Gasteiger partial charge in [-0.25, -0.2) is 0 Å². The fraction of sp³-hybridized carbons (Fsp3) is 0.250. The molecule has 124 valence electrons. The summed E-state index contributed by atoms with van der Waals surface area (Å²) in [4.78, 5) is 10.8. The van der Waals surface area contributed by atoms with Crippen LogP contribution < -0.4 is 0 Å². The van der Waals surface area contributed by atoms with Crippen molar-refractivity contribution in [1.29, 1.82) is 0 Å². The number of nitrogens with zero attached hydrogens (tertiary/aromatic N) is 4. The first kappa shape index (κ1) is 15.6. The molecule has 0 aliphatic carbocycles. The summed E-state index contributed by atoms with van der Waals surface area (Å²) < 4.78 is 5.47. The van der Waals surface area contributed by atoms with E-state index >= 15 is 0 Å². The van der Waals surface area contributed by atoms with Gasteiger partial charge in [-0.1, -0.05) is 17.0 Å². The van der Waals surface area contributed by atoms with Gasteiger partial charge in [0, 0.05) is 29.1 Å². The zero-order valence-electron chi connectivity index (χ0n) is 14.0. The Hall–Kier alpha value is -2.97. The Balaban J connectivity index is 1.51. The molecule has 1 saturated heterocycles. The second-order valence-corrected chi connectivity index (χ2v) is 6.16. The molecule has 4 rings (SSSR count). The topological polar surface area (TPSA) is 55.1 Å². The van der Waals surface area contributed by atoms with Crippen LogP contribution in [0.15, 0.2) is 53.3 Å². The van der Waals surface area contributed by atoms with Crippen molar-refractivity contribution in [3.8, 4) is 23.2 Å². The summed E-state index contributed by atoms with van der Waals surface area (Å²) >= 11 is 0. The average Bonchev–Trinajstić information content (AvgIpc) is 3.30. The maximum absolute atomic E-state index is 5.47. The Bertz CT molecular complexity index is 906. The Morgan fingerprint density at radius 2 is 1.76 bits per heavy atom. The minimum atomic E-state index is 0.242. The summed E-state index contributed by atoms with van der Waals surface area (Å²) in [5, 5.41) is 4.13. The first-order valence-electron chi connectivity index (χ1n) is 8.36. The molecule has 5 nitrogen and oxygen atoms in total. The van der Waals surface area contributed by atoms with Gasteiger partial charge in [-0.3, -0.25) is 9.88 Å². The zero-order valence-corrected chi connectivity index (χ0v) is 14.0. The molecule has 3 heterocycles. The molecule has 25 heavy (non-hydrogen) atoms. The first-order valence-corrected chi connectivity index (χ1v) is 8.36. The number of pyridine rings is 1. The molecule has 1 aromatic carbocycles. The molecule has 2 aromatic heterocycles. The van der Waals surface area contributed by atoms with Gasteiger partial charge < -0.3 is 4.52 Å². The van der Waals surface area contributed by atoms with Gasteiger partial charge in [-0.05, 0) is 62.8 Å². The normalized spacial score (nSPS) is 17.2. The highest BCUT2D eigenvalue weighted by atomic mass is 16.5. The highest BCUT2D eigenvalue weighted by Gasteiger charge is 2.27. The lowest BCUT2D eigenvalue weighted by atomic mass is 10.1. The van der Waals surface area contributed by atoms with E-state index in [0.29, 0.717) is 11.7 Å². The third-order valence-electron chi connectivity index (χ3n) is 4.42. The number of hydrogen-bond acceptors (Lipinski definition) is 5. The molecule has 0 amide bonds. The van der Waals surface area contributed by atoms with E-state index in [1.54, 1.807) is 12.4 Å². The Morgan fingerprint density at radius 3 is 2.44 bits per heavy atom. The van der Waals surface area contributed by atoms with Crippen LogP contribution in [0.3, 0.4) is 0 Å². The van der Waals surface area contributed by atoms with Crippen molar-refractivity contribution in [1.82, 2.24) is 20.0 Å². The van der Waals surface area contributed by atoms with Crippen LogP contribution in [-0.4, -0.2) is 33.6 Å². The number of likely N-dealkylation sites (tertiary alicyclic amines) is 1. The number of rotatable bonds is 2. The molecule has 1 fully saturated rings. The van der Waals surface area contributed by atoms with Crippen molar-refractivity contribution in [2.24, 2.45) is 0 Å². The summed E-state index contributed by atoms with van der Waals surface area (Å²) in [5.74, 6) is 7.60. The van der Waals surface area contributed by atoms with Crippen molar-refractivity contribution < 1.29 is 4.52 Å². The summed E-state index contributed by atoms with van der Waals surface area (Å²) in [6, 6.07) is 11.9. The Labute approximate surface area is 146 Å². The largest absolute Gasteiger partial charge is 0.337 e. The Kier molecular flexibility index (Phi) is 4.28. The second-order valence-electron chi connectivity index (χ2n) is 6.16. The van der Waals surface area contributed by atoms with Gasteiger partial charge in [0.1, 0.15) is 0 Å². The van der Waals surface area contributed by atoms with Gasteiger partial charge in [0.15, 0.2) is 0 Å². The zero-order chi connectivity index (χ0) is 17.1. The smallest absolute Gasteiger partial charge is 0.244 e.